The van der Waals surface area contributed by atoms with Crippen molar-refractivity contribution in [2.24, 2.45) is 0 Å². The van der Waals surface area contributed by atoms with Crippen molar-refractivity contribution in [2.45, 2.75) is 5.92 Å². The lowest BCUT2D eigenvalue weighted by atomic mass is 9.99. The molecule has 0 spiro atoms. The van der Waals surface area contributed by atoms with Gasteiger partial charge in [-0.05, 0) is 19.7 Å². The van der Waals surface area contributed by atoms with Gasteiger partial charge in [0.1, 0.15) is 0 Å². The normalized spacial score (nSPS) is 12.5. The molecule has 3 nitrogen and oxygen atoms in total. The van der Waals surface area contributed by atoms with Gasteiger partial charge < -0.3 is 9.64 Å². The maximum absolute atomic E-state index is 11.6. The predicted molar refractivity (Wildman–Crippen MR) is 59.8 cm³/mol. The molecule has 1 aromatic rings. The van der Waals surface area contributed by atoms with Gasteiger partial charge in [-0.1, -0.05) is 30.3 Å². The number of carbonyl (C=O) groups excluding carboxylic acids is 1. The van der Waals surface area contributed by atoms with Gasteiger partial charge >= 0.3 is 5.97 Å². The summed E-state index contributed by atoms with van der Waals surface area (Å²) >= 11 is 0. The summed E-state index contributed by atoms with van der Waals surface area (Å²) in [6.07, 6.45) is 0. The zero-order chi connectivity index (χ0) is 11.3. The van der Waals surface area contributed by atoms with E-state index in [9.17, 15) is 4.79 Å². The van der Waals surface area contributed by atoms with Crippen LogP contribution >= 0.6 is 0 Å². The van der Waals surface area contributed by atoms with Gasteiger partial charge in [0.05, 0.1) is 13.0 Å². The summed E-state index contributed by atoms with van der Waals surface area (Å²) in [5.41, 5.74) is 0.998. The Hall–Kier alpha value is -1.35. The molecule has 1 atom stereocenters. The van der Waals surface area contributed by atoms with E-state index in [1.54, 1.807) is 0 Å². The van der Waals surface area contributed by atoms with E-state index in [0.29, 0.717) is 6.54 Å². The molecule has 0 aliphatic rings. The molecule has 0 radical (unpaired) electrons. The number of benzene rings is 1. The molecule has 3 heteroatoms. The van der Waals surface area contributed by atoms with Crippen LogP contribution in [0.4, 0.5) is 0 Å². The van der Waals surface area contributed by atoms with Crippen molar-refractivity contribution in [1.82, 2.24) is 4.90 Å². The first kappa shape index (κ1) is 11.7. The maximum atomic E-state index is 11.6. The van der Waals surface area contributed by atoms with Gasteiger partial charge in [0.2, 0.25) is 0 Å². The second kappa shape index (κ2) is 5.51. The number of nitrogens with zero attached hydrogens (tertiary/aromatic N) is 1. The number of methoxy groups -OCH3 is 1. The first-order valence-corrected chi connectivity index (χ1v) is 4.92. The highest BCUT2D eigenvalue weighted by Crippen LogP contribution is 2.17. The molecule has 0 N–H and O–H groups in total. The van der Waals surface area contributed by atoms with Crippen LogP contribution in [0.1, 0.15) is 11.5 Å². The van der Waals surface area contributed by atoms with Crippen molar-refractivity contribution in [1.29, 1.82) is 0 Å². The van der Waals surface area contributed by atoms with Crippen LogP contribution in [0.3, 0.4) is 0 Å². The van der Waals surface area contributed by atoms with Crippen molar-refractivity contribution in [3.63, 3.8) is 0 Å². The number of hydrogen-bond acceptors (Lipinski definition) is 3. The third-order valence-electron chi connectivity index (χ3n) is 2.24. The molecule has 15 heavy (non-hydrogen) atoms. The number of carbonyl (C=O) groups is 1. The molecule has 1 aromatic carbocycles. The highest BCUT2D eigenvalue weighted by atomic mass is 16.5. The maximum Gasteiger partial charge on any atom is 0.314 e. The molecular weight excluding hydrogens is 190 g/mol. The predicted octanol–water partition coefficient (Wildman–Crippen LogP) is 1.50. The van der Waals surface area contributed by atoms with Crippen molar-refractivity contribution in [3.05, 3.63) is 35.9 Å². The topological polar surface area (TPSA) is 29.5 Å². The van der Waals surface area contributed by atoms with E-state index in [2.05, 4.69) is 0 Å². The molecule has 0 aliphatic heterocycles. The molecule has 0 bridgehead atoms. The lowest BCUT2D eigenvalue weighted by molar-refractivity contribution is -0.142. The molecule has 0 amide bonds. The highest BCUT2D eigenvalue weighted by Gasteiger charge is 2.21. The molecule has 0 aliphatic carbocycles. The van der Waals surface area contributed by atoms with Crippen molar-refractivity contribution in [3.8, 4) is 0 Å². The third kappa shape index (κ3) is 3.36. The second-order valence-corrected chi connectivity index (χ2v) is 3.75. The van der Waals surface area contributed by atoms with Gasteiger partial charge in [-0.25, -0.2) is 0 Å². The minimum atomic E-state index is -0.203. The standard InChI is InChI=1S/C12H17NO2/c1-13(2)9-11(12(14)15-3)10-7-5-4-6-8-10/h4-8,11H,9H2,1-3H3. The van der Waals surface area contributed by atoms with E-state index in [1.165, 1.54) is 7.11 Å². The quantitative estimate of drug-likeness (QED) is 0.701. The fraction of sp³-hybridized carbons (Fsp3) is 0.417. The number of esters is 1. The molecular formula is C12H17NO2. The van der Waals surface area contributed by atoms with Crippen molar-refractivity contribution in [2.75, 3.05) is 27.7 Å². The number of hydrogen-bond donors (Lipinski definition) is 0. The van der Waals surface area contributed by atoms with E-state index in [4.69, 9.17) is 4.74 Å². The summed E-state index contributed by atoms with van der Waals surface area (Å²) < 4.78 is 4.80. The Balaban J connectivity index is 2.86. The van der Waals surface area contributed by atoms with E-state index < -0.39 is 0 Å². The van der Waals surface area contributed by atoms with E-state index in [0.717, 1.165) is 5.56 Å². The minimum absolute atomic E-state index is 0.185. The van der Waals surface area contributed by atoms with E-state index >= 15 is 0 Å². The minimum Gasteiger partial charge on any atom is -0.469 e. The van der Waals surface area contributed by atoms with E-state index in [-0.39, 0.29) is 11.9 Å². The SMILES string of the molecule is COC(=O)C(CN(C)C)c1ccccc1. The van der Waals surface area contributed by atoms with Crippen LogP contribution in [-0.4, -0.2) is 38.6 Å². The molecule has 1 rings (SSSR count). The van der Waals surface area contributed by atoms with Gasteiger partial charge in [-0.15, -0.1) is 0 Å². The molecule has 0 fully saturated rings. The average Bonchev–Trinajstić information content (AvgIpc) is 2.26. The molecule has 0 aromatic heterocycles. The Morgan fingerprint density at radius 3 is 2.40 bits per heavy atom. The lowest BCUT2D eigenvalue weighted by Crippen LogP contribution is -2.27. The third-order valence-corrected chi connectivity index (χ3v) is 2.24. The molecule has 0 saturated carbocycles. The zero-order valence-corrected chi connectivity index (χ0v) is 9.43. The number of likely N-dealkylation sites (N-methyl/N-ethyl adjacent to an activating group) is 1. The summed E-state index contributed by atoms with van der Waals surface area (Å²) in [4.78, 5) is 13.6. The van der Waals surface area contributed by atoms with Crippen LogP contribution in [-0.2, 0) is 9.53 Å². The largest absolute Gasteiger partial charge is 0.469 e. The smallest absolute Gasteiger partial charge is 0.314 e. The first-order chi connectivity index (χ1) is 7.15. The summed E-state index contributed by atoms with van der Waals surface area (Å²) in [5, 5.41) is 0. The first-order valence-electron chi connectivity index (χ1n) is 4.92. The summed E-state index contributed by atoms with van der Waals surface area (Å²) in [6, 6.07) is 9.70. The second-order valence-electron chi connectivity index (χ2n) is 3.75. The van der Waals surface area contributed by atoms with Crippen LogP contribution < -0.4 is 0 Å². The van der Waals surface area contributed by atoms with Gasteiger partial charge in [0, 0.05) is 6.54 Å². The van der Waals surface area contributed by atoms with Crippen molar-refractivity contribution >= 4 is 5.97 Å². The number of ether oxygens (including phenoxy) is 1. The van der Waals surface area contributed by atoms with Gasteiger partial charge in [-0.2, -0.15) is 0 Å². The Bertz CT molecular complexity index is 309. The molecule has 1 unspecified atom stereocenters. The fourth-order valence-corrected chi connectivity index (χ4v) is 1.51. The molecule has 0 heterocycles. The van der Waals surface area contributed by atoms with Gasteiger partial charge in [0.25, 0.3) is 0 Å². The summed E-state index contributed by atoms with van der Waals surface area (Å²) in [5.74, 6) is -0.388. The Labute approximate surface area is 90.7 Å². The Kier molecular flexibility index (Phi) is 4.31. The van der Waals surface area contributed by atoms with Crippen LogP contribution in [0, 0.1) is 0 Å². The summed E-state index contributed by atoms with van der Waals surface area (Å²) in [7, 11) is 5.31. The van der Waals surface area contributed by atoms with E-state index in [1.807, 2.05) is 49.3 Å². The number of rotatable bonds is 4. The lowest BCUT2D eigenvalue weighted by Gasteiger charge is -2.19. The average molecular weight is 207 g/mol. The van der Waals surface area contributed by atoms with Crippen LogP contribution in [0.25, 0.3) is 0 Å². The summed E-state index contributed by atoms with van der Waals surface area (Å²) in [6.45, 7) is 0.663. The fourth-order valence-electron chi connectivity index (χ4n) is 1.51. The van der Waals surface area contributed by atoms with Crippen LogP contribution in [0.5, 0.6) is 0 Å². The van der Waals surface area contributed by atoms with Gasteiger partial charge in [0.15, 0.2) is 0 Å². The highest BCUT2D eigenvalue weighted by molar-refractivity contribution is 5.78. The van der Waals surface area contributed by atoms with Crippen LogP contribution in [0.2, 0.25) is 0 Å². The Morgan fingerprint density at radius 2 is 1.93 bits per heavy atom. The zero-order valence-electron chi connectivity index (χ0n) is 9.43. The molecule has 0 saturated heterocycles. The molecule has 82 valence electrons. The monoisotopic (exact) mass is 207 g/mol. The van der Waals surface area contributed by atoms with Gasteiger partial charge in [-0.3, -0.25) is 4.79 Å². The Morgan fingerprint density at radius 1 is 1.33 bits per heavy atom. The van der Waals surface area contributed by atoms with Crippen molar-refractivity contribution < 1.29 is 9.53 Å². The van der Waals surface area contributed by atoms with Crippen LogP contribution in [0.15, 0.2) is 30.3 Å².